The van der Waals surface area contributed by atoms with Gasteiger partial charge in [-0.3, -0.25) is 0 Å². The highest BCUT2D eigenvalue weighted by Gasteiger charge is 2.41. The van der Waals surface area contributed by atoms with Crippen LogP contribution in [0.2, 0.25) is 0 Å². The lowest BCUT2D eigenvalue weighted by Gasteiger charge is -2.38. The number of hydrogen-bond donors (Lipinski definition) is 0. The summed E-state index contributed by atoms with van der Waals surface area (Å²) in [5.74, 6) is 2.29. The fourth-order valence-electron chi connectivity index (χ4n) is 3.85. The van der Waals surface area contributed by atoms with Crippen molar-refractivity contribution < 1.29 is 14.2 Å². The van der Waals surface area contributed by atoms with E-state index in [0.717, 1.165) is 23.4 Å². The molecule has 0 aliphatic carbocycles. The van der Waals surface area contributed by atoms with Crippen LogP contribution in [0.3, 0.4) is 0 Å². The number of thiophene rings is 1. The third kappa shape index (κ3) is 2.72. The molecule has 0 bridgehead atoms. The molecule has 0 spiro atoms. The largest absolute Gasteiger partial charge is 0.493 e. The molecule has 0 radical (unpaired) electrons. The molecule has 3 aromatic rings. The summed E-state index contributed by atoms with van der Waals surface area (Å²) in [4.78, 5) is 1.21. The molecule has 0 saturated heterocycles. The van der Waals surface area contributed by atoms with Gasteiger partial charge in [-0.2, -0.15) is 5.10 Å². The normalized spacial score (nSPS) is 20.1. The highest BCUT2D eigenvalue weighted by Crippen LogP contribution is 2.48. The van der Waals surface area contributed by atoms with E-state index in [4.69, 9.17) is 19.3 Å². The van der Waals surface area contributed by atoms with Crippen LogP contribution in [0.5, 0.6) is 17.2 Å². The van der Waals surface area contributed by atoms with Crippen LogP contribution < -0.4 is 14.2 Å². The van der Waals surface area contributed by atoms with Crippen LogP contribution >= 0.6 is 11.3 Å². The Balaban J connectivity index is 1.59. The molecule has 2 aliphatic heterocycles. The molecule has 28 heavy (non-hydrogen) atoms. The molecule has 6 heteroatoms. The van der Waals surface area contributed by atoms with Gasteiger partial charge in [0.2, 0.25) is 6.23 Å². The molecule has 142 valence electrons. The van der Waals surface area contributed by atoms with E-state index < -0.39 is 0 Å². The highest BCUT2D eigenvalue weighted by molar-refractivity contribution is 7.12. The molecule has 5 nitrogen and oxygen atoms in total. The topological polar surface area (TPSA) is 43.3 Å². The number of hydrazone groups is 1. The predicted molar refractivity (Wildman–Crippen MR) is 109 cm³/mol. The first-order valence-electron chi connectivity index (χ1n) is 9.15. The Morgan fingerprint density at radius 3 is 2.68 bits per heavy atom. The molecule has 0 N–H and O–H groups in total. The van der Waals surface area contributed by atoms with Crippen molar-refractivity contribution in [3.05, 3.63) is 76.0 Å². The van der Waals surface area contributed by atoms with Gasteiger partial charge in [-0.15, -0.1) is 11.3 Å². The van der Waals surface area contributed by atoms with Crippen molar-refractivity contribution >= 4 is 17.0 Å². The average molecular weight is 392 g/mol. The van der Waals surface area contributed by atoms with Gasteiger partial charge in [-0.25, -0.2) is 5.01 Å². The van der Waals surface area contributed by atoms with Gasteiger partial charge in [-0.1, -0.05) is 24.3 Å². The summed E-state index contributed by atoms with van der Waals surface area (Å²) >= 11 is 1.72. The summed E-state index contributed by atoms with van der Waals surface area (Å²) < 4.78 is 17.3. The van der Waals surface area contributed by atoms with E-state index in [-0.39, 0.29) is 12.3 Å². The van der Waals surface area contributed by atoms with E-state index >= 15 is 0 Å². The molecule has 3 heterocycles. The summed E-state index contributed by atoms with van der Waals surface area (Å²) in [6.07, 6.45) is 0.544. The molecule has 0 fully saturated rings. The fraction of sp³-hybridized carbons (Fsp3) is 0.227. The molecule has 2 aromatic carbocycles. The first-order valence-corrected chi connectivity index (χ1v) is 10.0. The quantitative estimate of drug-likeness (QED) is 0.626. The maximum Gasteiger partial charge on any atom is 0.214 e. The van der Waals surface area contributed by atoms with Crippen LogP contribution in [0, 0.1) is 0 Å². The lowest BCUT2D eigenvalue weighted by Crippen LogP contribution is -2.33. The second-order valence-corrected chi connectivity index (χ2v) is 7.69. The number of rotatable bonds is 4. The first-order chi connectivity index (χ1) is 13.8. The van der Waals surface area contributed by atoms with Crippen molar-refractivity contribution in [2.24, 2.45) is 5.10 Å². The van der Waals surface area contributed by atoms with Gasteiger partial charge in [0.25, 0.3) is 0 Å². The number of fused-ring (bicyclic) bond motifs is 3. The molecular weight excluding hydrogens is 372 g/mol. The minimum atomic E-state index is -0.322. The van der Waals surface area contributed by atoms with Crippen molar-refractivity contribution in [1.82, 2.24) is 5.01 Å². The maximum atomic E-state index is 6.40. The van der Waals surface area contributed by atoms with Gasteiger partial charge < -0.3 is 14.2 Å². The Hall–Kier alpha value is -2.99. The van der Waals surface area contributed by atoms with Crippen LogP contribution in [-0.4, -0.2) is 24.9 Å². The highest BCUT2D eigenvalue weighted by atomic mass is 32.1. The van der Waals surface area contributed by atoms with Gasteiger partial charge in [0.05, 0.1) is 30.9 Å². The van der Waals surface area contributed by atoms with Gasteiger partial charge in [0, 0.05) is 17.5 Å². The zero-order valence-electron chi connectivity index (χ0n) is 15.7. The number of para-hydroxylation sites is 1. The third-order valence-electron chi connectivity index (χ3n) is 5.20. The van der Waals surface area contributed by atoms with Crippen molar-refractivity contribution in [2.45, 2.75) is 18.7 Å². The predicted octanol–water partition coefficient (Wildman–Crippen LogP) is 5.01. The SMILES string of the molecule is COc1ccc([C@H]2Oc3ccccc3[C@@H]3CC(c4cccs4)=NN23)cc1OC. The van der Waals surface area contributed by atoms with Gasteiger partial charge in [0.1, 0.15) is 5.75 Å². The number of ether oxygens (including phenoxy) is 3. The summed E-state index contributed by atoms with van der Waals surface area (Å²) in [6, 6.07) is 18.5. The molecule has 2 atom stereocenters. The Kier molecular flexibility index (Phi) is 4.20. The van der Waals surface area contributed by atoms with Crippen LogP contribution in [-0.2, 0) is 0 Å². The Labute approximate surface area is 167 Å². The van der Waals surface area contributed by atoms with Crippen LogP contribution in [0.1, 0.15) is 34.7 Å². The second kappa shape index (κ2) is 6.87. The van der Waals surface area contributed by atoms with E-state index in [1.54, 1.807) is 25.6 Å². The van der Waals surface area contributed by atoms with Crippen LogP contribution in [0.15, 0.2) is 65.1 Å². The van der Waals surface area contributed by atoms with E-state index in [0.29, 0.717) is 11.5 Å². The smallest absolute Gasteiger partial charge is 0.214 e. The number of nitrogens with zero attached hydrogens (tertiary/aromatic N) is 2. The van der Waals surface area contributed by atoms with Gasteiger partial charge >= 0.3 is 0 Å². The Morgan fingerprint density at radius 2 is 1.89 bits per heavy atom. The van der Waals surface area contributed by atoms with Crippen LogP contribution in [0.25, 0.3) is 0 Å². The van der Waals surface area contributed by atoms with Gasteiger partial charge in [0.15, 0.2) is 11.5 Å². The van der Waals surface area contributed by atoms with Crippen molar-refractivity contribution in [3.8, 4) is 17.2 Å². The Morgan fingerprint density at radius 1 is 1.04 bits per heavy atom. The van der Waals surface area contributed by atoms with E-state index in [2.05, 4.69) is 34.7 Å². The van der Waals surface area contributed by atoms with E-state index in [1.807, 2.05) is 30.3 Å². The number of hydrogen-bond acceptors (Lipinski definition) is 6. The lowest BCUT2D eigenvalue weighted by molar-refractivity contribution is -0.0191. The lowest BCUT2D eigenvalue weighted by atomic mass is 9.97. The molecule has 0 saturated carbocycles. The zero-order valence-corrected chi connectivity index (χ0v) is 16.5. The molecule has 1 aromatic heterocycles. The third-order valence-corrected chi connectivity index (χ3v) is 6.12. The maximum absolute atomic E-state index is 6.40. The molecule has 0 amide bonds. The summed E-state index contributed by atoms with van der Waals surface area (Å²) in [5.41, 5.74) is 3.26. The van der Waals surface area contributed by atoms with E-state index in [1.165, 1.54) is 10.4 Å². The molecule has 0 unspecified atom stereocenters. The minimum Gasteiger partial charge on any atom is -0.493 e. The summed E-state index contributed by atoms with van der Waals surface area (Å²) in [5, 5.41) is 9.14. The monoisotopic (exact) mass is 392 g/mol. The second-order valence-electron chi connectivity index (χ2n) is 6.75. The van der Waals surface area contributed by atoms with Crippen molar-refractivity contribution in [1.29, 1.82) is 0 Å². The summed E-state index contributed by atoms with van der Waals surface area (Å²) in [6.45, 7) is 0. The first kappa shape index (κ1) is 17.1. The summed E-state index contributed by atoms with van der Waals surface area (Å²) in [7, 11) is 3.28. The van der Waals surface area contributed by atoms with Crippen LogP contribution in [0.4, 0.5) is 0 Å². The standard InChI is InChI=1S/C22H20N2O3S/c1-25-19-10-9-14(12-20(19)26-2)22-24-17(15-6-3-4-7-18(15)27-22)13-16(23-24)21-8-5-11-28-21/h3-12,17,22H,13H2,1-2H3/t17-,22+/m0/s1. The average Bonchev–Trinajstić information content (AvgIpc) is 3.42. The van der Waals surface area contributed by atoms with Gasteiger partial charge in [-0.05, 0) is 35.7 Å². The molecule has 2 aliphatic rings. The van der Waals surface area contributed by atoms with Crippen molar-refractivity contribution in [3.63, 3.8) is 0 Å². The number of methoxy groups -OCH3 is 2. The van der Waals surface area contributed by atoms with E-state index in [9.17, 15) is 0 Å². The fourth-order valence-corrected chi connectivity index (χ4v) is 4.57. The van der Waals surface area contributed by atoms with Crippen molar-refractivity contribution in [2.75, 3.05) is 14.2 Å². The minimum absolute atomic E-state index is 0.153. The molecule has 5 rings (SSSR count). The zero-order chi connectivity index (χ0) is 19.1. The molecular formula is C22H20N2O3S. The Bertz CT molecular complexity index is 1030. The number of benzene rings is 2.